The Morgan fingerprint density at radius 1 is 1.07 bits per heavy atom. The third-order valence-corrected chi connectivity index (χ3v) is 4.58. The summed E-state index contributed by atoms with van der Waals surface area (Å²) >= 11 is 1.10. The zero-order chi connectivity index (χ0) is 19.9. The molecule has 2 aromatic carbocycles. The standard InChI is InChI=1S/C20H18FN3O3S/c1-2-27-20(26)24-18-17(14-8-10-15(21)11-9-14)23-19(28-18)22-16(25)12-13-6-4-3-5-7-13/h3-11H,2,12H2,1H3,(H,24,26)(H,22,23,25). The predicted octanol–water partition coefficient (Wildman–Crippen LogP) is 4.70. The fourth-order valence-electron chi connectivity index (χ4n) is 2.47. The minimum absolute atomic E-state index is 0.201. The highest BCUT2D eigenvalue weighted by Gasteiger charge is 2.17. The Labute approximate surface area is 165 Å². The summed E-state index contributed by atoms with van der Waals surface area (Å²) in [6.45, 7) is 1.92. The molecule has 1 aromatic heterocycles. The molecule has 6 nitrogen and oxygen atoms in total. The highest BCUT2D eigenvalue weighted by Crippen LogP contribution is 2.36. The molecule has 0 aliphatic heterocycles. The maximum absolute atomic E-state index is 13.2. The lowest BCUT2D eigenvalue weighted by Gasteiger charge is -2.05. The Hall–Kier alpha value is -3.26. The van der Waals surface area contributed by atoms with E-state index in [1.807, 2.05) is 30.3 Å². The van der Waals surface area contributed by atoms with Crippen molar-refractivity contribution in [3.8, 4) is 11.3 Å². The number of hydrogen-bond donors (Lipinski definition) is 2. The van der Waals surface area contributed by atoms with Gasteiger partial charge in [-0.1, -0.05) is 41.7 Å². The van der Waals surface area contributed by atoms with Crippen LogP contribution in [0.5, 0.6) is 0 Å². The van der Waals surface area contributed by atoms with Crippen molar-refractivity contribution in [3.63, 3.8) is 0 Å². The van der Waals surface area contributed by atoms with E-state index in [9.17, 15) is 14.0 Å². The lowest BCUT2D eigenvalue weighted by molar-refractivity contribution is -0.115. The molecule has 28 heavy (non-hydrogen) atoms. The molecule has 0 radical (unpaired) electrons. The molecule has 0 atom stereocenters. The Morgan fingerprint density at radius 2 is 1.79 bits per heavy atom. The van der Waals surface area contributed by atoms with Crippen LogP contribution in [-0.4, -0.2) is 23.6 Å². The number of anilines is 2. The number of halogens is 1. The largest absolute Gasteiger partial charge is 0.450 e. The van der Waals surface area contributed by atoms with Crippen LogP contribution in [0.4, 0.5) is 19.3 Å². The number of amides is 2. The van der Waals surface area contributed by atoms with Gasteiger partial charge in [0.2, 0.25) is 5.91 Å². The van der Waals surface area contributed by atoms with Gasteiger partial charge >= 0.3 is 6.09 Å². The van der Waals surface area contributed by atoms with Gasteiger partial charge in [-0.3, -0.25) is 10.1 Å². The van der Waals surface area contributed by atoms with Crippen molar-refractivity contribution < 1.29 is 18.7 Å². The maximum Gasteiger partial charge on any atom is 0.412 e. The maximum atomic E-state index is 13.2. The van der Waals surface area contributed by atoms with Gasteiger partial charge in [0.15, 0.2) is 5.13 Å². The van der Waals surface area contributed by atoms with E-state index in [1.165, 1.54) is 12.1 Å². The summed E-state index contributed by atoms with van der Waals surface area (Å²) in [6, 6.07) is 15.0. The van der Waals surface area contributed by atoms with Gasteiger partial charge in [0, 0.05) is 5.56 Å². The number of benzene rings is 2. The highest BCUT2D eigenvalue weighted by atomic mass is 32.1. The van der Waals surface area contributed by atoms with E-state index < -0.39 is 6.09 Å². The molecule has 2 amide bonds. The molecule has 0 aliphatic rings. The Bertz CT molecular complexity index is 959. The summed E-state index contributed by atoms with van der Waals surface area (Å²) in [7, 11) is 0. The van der Waals surface area contributed by atoms with Gasteiger partial charge in [0.05, 0.1) is 13.0 Å². The summed E-state index contributed by atoms with van der Waals surface area (Å²) in [5.41, 5.74) is 1.90. The summed E-state index contributed by atoms with van der Waals surface area (Å²) in [5, 5.41) is 6.09. The van der Waals surface area contributed by atoms with E-state index >= 15 is 0 Å². The smallest absolute Gasteiger partial charge is 0.412 e. The first-order chi connectivity index (χ1) is 13.5. The number of ether oxygens (including phenoxy) is 1. The van der Waals surface area contributed by atoms with Gasteiger partial charge in [-0.15, -0.1) is 0 Å². The van der Waals surface area contributed by atoms with Crippen LogP contribution in [0, 0.1) is 5.82 Å². The molecule has 3 rings (SSSR count). The van der Waals surface area contributed by atoms with E-state index in [1.54, 1.807) is 19.1 Å². The van der Waals surface area contributed by atoms with Crippen molar-refractivity contribution >= 4 is 33.5 Å². The Morgan fingerprint density at radius 3 is 2.46 bits per heavy atom. The molecular weight excluding hydrogens is 381 g/mol. The van der Waals surface area contributed by atoms with Crippen molar-refractivity contribution in [1.82, 2.24) is 4.98 Å². The molecule has 3 aromatic rings. The number of nitrogens with one attached hydrogen (secondary N) is 2. The van der Waals surface area contributed by atoms with Crippen molar-refractivity contribution in [2.75, 3.05) is 17.2 Å². The van der Waals surface area contributed by atoms with E-state index in [0.29, 0.717) is 21.4 Å². The third kappa shape index (κ3) is 5.14. The topological polar surface area (TPSA) is 80.3 Å². The molecule has 0 spiro atoms. The monoisotopic (exact) mass is 399 g/mol. The second kappa shape index (κ2) is 9.09. The van der Waals surface area contributed by atoms with Gasteiger partial charge < -0.3 is 10.1 Å². The SMILES string of the molecule is CCOC(=O)Nc1sc(NC(=O)Cc2ccccc2)nc1-c1ccc(F)cc1. The summed E-state index contributed by atoms with van der Waals surface area (Å²) < 4.78 is 18.1. The van der Waals surface area contributed by atoms with Crippen molar-refractivity contribution in [3.05, 3.63) is 66.0 Å². The summed E-state index contributed by atoms with van der Waals surface area (Å²) in [4.78, 5) is 28.5. The van der Waals surface area contributed by atoms with Crippen LogP contribution in [0.1, 0.15) is 12.5 Å². The number of thiazole rings is 1. The van der Waals surface area contributed by atoms with Gasteiger partial charge in [0.25, 0.3) is 0 Å². The second-order valence-electron chi connectivity index (χ2n) is 5.76. The molecule has 0 bridgehead atoms. The lowest BCUT2D eigenvalue weighted by Crippen LogP contribution is -2.14. The van der Waals surface area contributed by atoms with E-state index in [0.717, 1.165) is 16.9 Å². The van der Waals surface area contributed by atoms with Crippen LogP contribution in [0.3, 0.4) is 0 Å². The molecule has 8 heteroatoms. The van der Waals surface area contributed by atoms with Gasteiger partial charge in [-0.2, -0.15) is 0 Å². The van der Waals surface area contributed by atoms with Gasteiger partial charge in [0.1, 0.15) is 16.5 Å². The first-order valence-electron chi connectivity index (χ1n) is 8.59. The van der Waals surface area contributed by atoms with Gasteiger partial charge in [-0.05, 0) is 36.8 Å². The highest BCUT2D eigenvalue weighted by molar-refractivity contribution is 7.20. The number of carbonyl (C=O) groups is 2. The second-order valence-corrected chi connectivity index (χ2v) is 6.76. The van der Waals surface area contributed by atoms with E-state index in [-0.39, 0.29) is 24.8 Å². The first kappa shape index (κ1) is 19.5. The normalized spacial score (nSPS) is 10.4. The summed E-state index contributed by atoms with van der Waals surface area (Å²) in [6.07, 6.45) is -0.427. The molecule has 0 unspecified atom stereocenters. The Balaban J connectivity index is 1.82. The molecule has 0 saturated heterocycles. The zero-order valence-corrected chi connectivity index (χ0v) is 15.9. The van der Waals surface area contributed by atoms with Crippen LogP contribution in [0.25, 0.3) is 11.3 Å². The zero-order valence-electron chi connectivity index (χ0n) is 15.1. The third-order valence-electron chi connectivity index (χ3n) is 3.69. The average Bonchev–Trinajstić information content (AvgIpc) is 3.05. The minimum Gasteiger partial charge on any atom is -0.450 e. The fourth-order valence-corrected chi connectivity index (χ4v) is 3.36. The van der Waals surface area contributed by atoms with Crippen LogP contribution in [0.15, 0.2) is 54.6 Å². The van der Waals surface area contributed by atoms with Crippen LogP contribution < -0.4 is 10.6 Å². The number of nitrogens with zero attached hydrogens (tertiary/aromatic N) is 1. The number of rotatable bonds is 6. The fraction of sp³-hybridized carbons (Fsp3) is 0.150. The van der Waals surface area contributed by atoms with E-state index in [4.69, 9.17) is 4.74 Å². The van der Waals surface area contributed by atoms with Crippen molar-refractivity contribution in [2.24, 2.45) is 0 Å². The lowest BCUT2D eigenvalue weighted by atomic mass is 10.1. The number of aromatic nitrogens is 1. The molecule has 2 N–H and O–H groups in total. The van der Waals surface area contributed by atoms with Crippen molar-refractivity contribution in [2.45, 2.75) is 13.3 Å². The minimum atomic E-state index is -0.628. The Kier molecular flexibility index (Phi) is 6.33. The van der Waals surface area contributed by atoms with Crippen LogP contribution >= 0.6 is 11.3 Å². The average molecular weight is 399 g/mol. The van der Waals surface area contributed by atoms with Crippen LogP contribution in [0.2, 0.25) is 0 Å². The van der Waals surface area contributed by atoms with E-state index in [2.05, 4.69) is 15.6 Å². The predicted molar refractivity (Wildman–Crippen MR) is 107 cm³/mol. The van der Waals surface area contributed by atoms with Crippen LogP contribution in [-0.2, 0) is 16.0 Å². The molecule has 144 valence electrons. The molecule has 0 aliphatic carbocycles. The molecule has 0 saturated carbocycles. The first-order valence-corrected chi connectivity index (χ1v) is 9.41. The number of carbonyl (C=O) groups excluding carboxylic acids is 2. The quantitative estimate of drug-likeness (QED) is 0.630. The molecule has 0 fully saturated rings. The van der Waals surface area contributed by atoms with Gasteiger partial charge in [-0.25, -0.2) is 14.2 Å². The molecule has 1 heterocycles. The number of hydrogen-bond acceptors (Lipinski definition) is 5. The van der Waals surface area contributed by atoms with Crippen molar-refractivity contribution in [1.29, 1.82) is 0 Å². The molecular formula is C20H18FN3O3S. The summed E-state index contributed by atoms with van der Waals surface area (Å²) in [5.74, 6) is -0.608.